The second-order valence-corrected chi connectivity index (χ2v) is 15.1. The summed E-state index contributed by atoms with van der Waals surface area (Å²) in [5.74, 6) is -0.839. The molecule has 2 aliphatic rings. The lowest BCUT2D eigenvalue weighted by molar-refractivity contribution is -0.329. The minimum Gasteiger partial charge on any atom is -0.374 e. The molecule has 57 heavy (non-hydrogen) atoms. The fourth-order valence-electron chi connectivity index (χ4n) is 7.34. The van der Waals surface area contributed by atoms with E-state index in [9.17, 15) is 5.53 Å². The van der Waals surface area contributed by atoms with Crippen molar-refractivity contribution < 1.29 is 37.9 Å². The molecule has 2 aliphatic heterocycles. The van der Waals surface area contributed by atoms with Gasteiger partial charge in [-0.25, -0.2) is 0 Å². The summed E-state index contributed by atoms with van der Waals surface area (Å²) in [4.78, 5) is 3.22. The van der Waals surface area contributed by atoms with Gasteiger partial charge in [0, 0.05) is 4.91 Å². The van der Waals surface area contributed by atoms with E-state index in [2.05, 4.69) is 16.9 Å². The largest absolute Gasteiger partial charge is 0.374 e. The zero-order valence-corrected chi connectivity index (χ0v) is 33.3. The summed E-state index contributed by atoms with van der Waals surface area (Å²) in [6.45, 7) is 7.39. The van der Waals surface area contributed by atoms with Gasteiger partial charge in [-0.1, -0.05) is 153 Å². The molecule has 0 spiro atoms. The van der Waals surface area contributed by atoms with Crippen molar-refractivity contribution in [3.05, 3.63) is 154 Å². The number of ether oxygens (including phenoxy) is 8. The summed E-state index contributed by atoms with van der Waals surface area (Å²) in [6.07, 6.45) is -0.505. The van der Waals surface area contributed by atoms with Crippen LogP contribution in [0, 0.1) is 0 Å². The average Bonchev–Trinajstić information content (AvgIpc) is 3.55. The summed E-state index contributed by atoms with van der Waals surface area (Å²) < 4.78 is 53.0. The first kappa shape index (κ1) is 42.5. The number of hydrogen-bond donors (Lipinski definition) is 0. The number of hydrogen-bond acceptors (Lipinski definition) is 9. The maximum atomic E-state index is 9.77. The van der Waals surface area contributed by atoms with Crippen LogP contribution in [-0.2, 0) is 64.3 Å². The van der Waals surface area contributed by atoms with Crippen LogP contribution in [-0.4, -0.2) is 68.0 Å². The van der Waals surface area contributed by atoms with Crippen LogP contribution in [0.15, 0.2) is 126 Å². The highest BCUT2D eigenvalue weighted by Crippen LogP contribution is 2.36. The Morgan fingerprint density at radius 1 is 0.632 bits per heavy atom. The topological polar surface area (TPSA) is 123 Å². The number of rotatable bonds is 22. The molecule has 11 heteroatoms. The zero-order valence-electron chi connectivity index (χ0n) is 33.3. The van der Waals surface area contributed by atoms with Gasteiger partial charge in [0.2, 0.25) is 0 Å². The maximum Gasteiger partial charge on any atom is 0.186 e. The minimum absolute atomic E-state index is 0.00710. The summed E-state index contributed by atoms with van der Waals surface area (Å²) in [6, 6.07) is 39.3. The number of nitrogens with zero attached hydrogens (tertiary/aromatic N) is 3. The quantitative estimate of drug-likeness (QED) is 0.0335. The van der Waals surface area contributed by atoms with Gasteiger partial charge in [0.1, 0.15) is 24.4 Å². The standard InChI is InChI=1S/C46H57N3O8/c1-4-5-10-27-39-41(57-46(2,3)56-39)38(48-49-47)32-54-45-44(53-31-37-25-17-9-18-26-37)43(52-30-36-23-15-8-16-24-36)42(51-29-35-21-13-7-14-22-35)40(55-45)33-50-28-34-19-11-6-12-20-34/h6-9,11-26,38-45H,4-5,10,27-33H2,1-3H3/t38-,39-,40?,41+,42?,43?,44?,45?/m1/s1. The first-order chi connectivity index (χ1) is 27.9. The molecule has 0 aliphatic carbocycles. The smallest absolute Gasteiger partial charge is 0.186 e. The maximum absolute atomic E-state index is 9.77. The lowest BCUT2D eigenvalue weighted by Gasteiger charge is -2.46. The predicted octanol–water partition coefficient (Wildman–Crippen LogP) is 9.48. The SMILES string of the molecule is CCCCC[C@H]1OC(C)(C)O[C@H]1[C@@H](COC1OC(COCc2ccccc2)C(OCc2ccccc2)C(OCc2ccccc2)C1OCc1ccccc1)N=[N+]=[N-]. The van der Waals surface area contributed by atoms with Crippen LogP contribution in [0.1, 0.15) is 68.7 Å². The van der Waals surface area contributed by atoms with Gasteiger partial charge in [0.25, 0.3) is 0 Å². The van der Waals surface area contributed by atoms with Gasteiger partial charge < -0.3 is 37.9 Å². The van der Waals surface area contributed by atoms with Gasteiger partial charge in [-0.2, -0.15) is 0 Å². The van der Waals surface area contributed by atoms with Crippen molar-refractivity contribution in [2.24, 2.45) is 5.11 Å². The van der Waals surface area contributed by atoms with E-state index >= 15 is 0 Å². The summed E-state index contributed by atoms with van der Waals surface area (Å²) >= 11 is 0. The van der Waals surface area contributed by atoms with E-state index in [0.29, 0.717) is 19.8 Å². The third-order valence-electron chi connectivity index (χ3n) is 10.2. The average molecular weight is 780 g/mol. The molecule has 0 aromatic heterocycles. The molecule has 0 radical (unpaired) electrons. The van der Waals surface area contributed by atoms with E-state index in [-0.39, 0.29) is 25.9 Å². The van der Waals surface area contributed by atoms with Crippen LogP contribution in [0.25, 0.3) is 10.4 Å². The normalized spacial score (nSPS) is 24.8. The number of azide groups is 1. The molecule has 2 saturated heterocycles. The third kappa shape index (κ3) is 12.9. The molecular formula is C46H57N3O8. The van der Waals surface area contributed by atoms with Crippen LogP contribution >= 0.6 is 0 Å². The Balaban J connectivity index is 1.31. The molecular weight excluding hydrogens is 723 g/mol. The van der Waals surface area contributed by atoms with Crippen molar-refractivity contribution in [3.63, 3.8) is 0 Å². The molecule has 0 N–H and O–H groups in total. The zero-order chi connectivity index (χ0) is 39.7. The molecule has 0 amide bonds. The number of benzene rings is 4. The fourth-order valence-corrected chi connectivity index (χ4v) is 7.34. The van der Waals surface area contributed by atoms with Crippen LogP contribution in [0.4, 0.5) is 0 Å². The fraction of sp³-hybridized carbons (Fsp3) is 0.478. The monoisotopic (exact) mass is 779 g/mol. The van der Waals surface area contributed by atoms with Gasteiger partial charge in [-0.15, -0.1) is 0 Å². The number of unbranched alkanes of at least 4 members (excludes halogenated alkanes) is 2. The van der Waals surface area contributed by atoms with Crippen LogP contribution in [0.3, 0.4) is 0 Å². The Bertz CT molecular complexity index is 1760. The van der Waals surface area contributed by atoms with E-state index in [1.54, 1.807) is 0 Å². The Morgan fingerprint density at radius 2 is 1.14 bits per heavy atom. The molecule has 8 atom stereocenters. The van der Waals surface area contributed by atoms with Gasteiger partial charge >= 0.3 is 0 Å². The second kappa shape index (κ2) is 22.1. The first-order valence-electron chi connectivity index (χ1n) is 20.2. The van der Waals surface area contributed by atoms with Gasteiger partial charge in [0.05, 0.1) is 57.9 Å². The predicted molar refractivity (Wildman–Crippen MR) is 217 cm³/mol. The van der Waals surface area contributed by atoms with E-state index in [1.165, 1.54) is 0 Å². The molecule has 4 aromatic rings. The molecule has 2 heterocycles. The van der Waals surface area contributed by atoms with Crippen molar-refractivity contribution in [2.45, 2.75) is 128 Å². The molecule has 4 aromatic carbocycles. The van der Waals surface area contributed by atoms with E-state index < -0.39 is 48.6 Å². The highest BCUT2D eigenvalue weighted by Gasteiger charge is 2.50. The minimum atomic E-state index is -0.957. The van der Waals surface area contributed by atoms with Crippen molar-refractivity contribution in [1.82, 2.24) is 0 Å². The van der Waals surface area contributed by atoms with Crippen molar-refractivity contribution in [1.29, 1.82) is 0 Å². The van der Waals surface area contributed by atoms with Crippen LogP contribution in [0.2, 0.25) is 0 Å². The molecule has 304 valence electrons. The second-order valence-electron chi connectivity index (χ2n) is 15.1. The molecule has 11 nitrogen and oxygen atoms in total. The van der Waals surface area contributed by atoms with Crippen molar-refractivity contribution in [3.8, 4) is 0 Å². The van der Waals surface area contributed by atoms with E-state index in [4.69, 9.17) is 37.9 Å². The highest BCUT2D eigenvalue weighted by atomic mass is 16.8. The van der Waals surface area contributed by atoms with Gasteiger partial charge in [-0.3, -0.25) is 0 Å². The first-order valence-corrected chi connectivity index (χ1v) is 20.2. The molecule has 2 fully saturated rings. The van der Waals surface area contributed by atoms with Crippen molar-refractivity contribution >= 4 is 0 Å². The molecule has 0 bridgehead atoms. The lowest BCUT2D eigenvalue weighted by atomic mass is 9.97. The van der Waals surface area contributed by atoms with Crippen LogP contribution < -0.4 is 0 Å². The Kier molecular flexibility index (Phi) is 16.5. The molecule has 5 unspecified atom stereocenters. The third-order valence-corrected chi connectivity index (χ3v) is 10.2. The van der Waals surface area contributed by atoms with Gasteiger partial charge in [0.15, 0.2) is 12.1 Å². The molecule has 0 saturated carbocycles. The van der Waals surface area contributed by atoms with E-state index in [1.807, 2.05) is 135 Å². The Hall–Kier alpha value is -4.13. The van der Waals surface area contributed by atoms with Crippen LogP contribution in [0.5, 0.6) is 0 Å². The Morgan fingerprint density at radius 3 is 1.67 bits per heavy atom. The lowest BCUT2D eigenvalue weighted by Crippen LogP contribution is -2.62. The summed E-state index contributed by atoms with van der Waals surface area (Å²) in [7, 11) is 0. The van der Waals surface area contributed by atoms with E-state index in [0.717, 1.165) is 47.9 Å². The Labute approximate surface area is 337 Å². The van der Waals surface area contributed by atoms with Crippen molar-refractivity contribution in [2.75, 3.05) is 13.2 Å². The highest BCUT2D eigenvalue weighted by molar-refractivity contribution is 5.16. The summed E-state index contributed by atoms with van der Waals surface area (Å²) in [5.41, 5.74) is 13.8. The van der Waals surface area contributed by atoms with Gasteiger partial charge in [-0.05, 0) is 48.1 Å². The molecule has 6 rings (SSSR count). The summed E-state index contributed by atoms with van der Waals surface area (Å²) in [5, 5.41) is 4.20.